The number of nitrogens with two attached hydrogens (primary N) is 2. The molecule has 82 valence electrons. The van der Waals surface area contributed by atoms with Crippen LogP contribution >= 0.6 is 0 Å². The fraction of sp³-hybridized carbons (Fsp3) is 0.900. The zero-order valence-corrected chi connectivity index (χ0v) is 8.91. The summed E-state index contributed by atoms with van der Waals surface area (Å²) in [6.45, 7) is 2.24. The quantitative estimate of drug-likeness (QED) is 0.665. The molecular formula is C10H21N3O. The molecule has 0 aromatic carbocycles. The van der Waals surface area contributed by atoms with Gasteiger partial charge in [0.1, 0.15) is 0 Å². The van der Waals surface area contributed by atoms with Crippen LogP contribution in [0.5, 0.6) is 0 Å². The molecule has 0 aromatic rings. The molecule has 0 saturated carbocycles. The largest absolute Gasteiger partial charge is 0.370 e. The van der Waals surface area contributed by atoms with Gasteiger partial charge in [0.15, 0.2) is 0 Å². The lowest BCUT2D eigenvalue weighted by Crippen LogP contribution is -2.39. The Morgan fingerprint density at radius 3 is 2.57 bits per heavy atom. The Balaban J connectivity index is 2.23. The molecule has 1 unspecified atom stereocenters. The molecule has 0 aliphatic carbocycles. The van der Waals surface area contributed by atoms with Crippen molar-refractivity contribution in [1.29, 1.82) is 0 Å². The predicted octanol–water partition coefficient (Wildman–Crippen LogP) is -0.0790. The average molecular weight is 199 g/mol. The maximum absolute atomic E-state index is 10.6. The molecule has 1 saturated heterocycles. The van der Waals surface area contributed by atoms with Crippen LogP contribution in [0.1, 0.15) is 25.7 Å². The minimum Gasteiger partial charge on any atom is -0.370 e. The molecule has 1 amide bonds. The number of hydrogen-bond donors (Lipinski definition) is 2. The van der Waals surface area contributed by atoms with Crippen molar-refractivity contribution < 1.29 is 4.79 Å². The highest BCUT2D eigenvalue weighted by Crippen LogP contribution is 2.20. The van der Waals surface area contributed by atoms with Crippen molar-refractivity contribution in [3.8, 4) is 0 Å². The van der Waals surface area contributed by atoms with Gasteiger partial charge in [0.2, 0.25) is 5.91 Å². The van der Waals surface area contributed by atoms with Crippen LogP contribution in [0.15, 0.2) is 0 Å². The Labute approximate surface area is 85.6 Å². The number of piperidine rings is 1. The van der Waals surface area contributed by atoms with Gasteiger partial charge < -0.3 is 16.4 Å². The topological polar surface area (TPSA) is 72.3 Å². The second-order valence-corrected chi connectivity index (χ2v) is 4.31. The maximum Gasteiger partial charge on any atom is 0.217 e. The summed E-state index contributed by atoms with van der Waals surface area (Å²) in [5.41, 5.74) is 11.1. The number of amides is 1. The van der Waals surface area contributed by atoms with Gasteiger partial charge in [-0.05, 0) is 45.3 Å². The molecule has 1 heterocycles. The Morgan fingerprint density at radius 2 is 2.07 bits per heavy atom. The van der Waals surface area contributed by atoms with Crippen LogP contribution in [0.3, 0.4) is 0 Å². The summed E-state index contributed by atoms with van der Waals surface area (Å²) < 4.78 is 0. The van der Waals surface area contributed by atoms with Crippen LogP contribution in [0.4, 0.5) is 0 Å². The van der Waals surface area contributed by atoms with Crippen molar-refractivity contribution in [3.63, 3.8) is 0 Å². The number of nitrogens with zero attached hydrogens (tertiary/aromatic N) is 1. The van der Waals surface area contributed by atoms with Gasteiger partial charge in [0, 0.05) is 12.5 Å². The van der Waals surface area contributed by atoms with Crippen LogP contribution in [-0.4, -0.2) is 37.0 Å². The third-order valence-electron chi connectivity index (χ3n) is 3.09. The molecule has 0 spiro atoms. The summed E-state index contributed by atoms with van der Waals surface area (Å²) in [5.74, 6) is 0.332. The maximum atomic E-state index is 10.6. The SMILES string of the molecule is CN1CCC(C(N)CCC(N)=O)CC1. The van der Waals surface area contributed by atoms with Gasteiger partial charge in [-0.1, -0.05) is 0 Å². The number of likely N-dealkylation sites (tertiary alicyclic amines) is 1. The average Bonchev–Trinajstić information content (AvgIpc) is 2.15. The third kappa shape index (κ3) is 3.64. The van der Waals surface area contributed by atoms with E-state index in [9.17, 15) is 4.79 Å². The van der Waals surface area contributed by atoms with E-state index in [1.807, 2.05) is 0 Å². The number of hydrogen-bond acceptors (Lipinski definition) is 3. The Bertz CT molecular complexity index is 188. The molecule has 1 aliphatic rings. The van der Waals surface area contributed by atoms with Crippen LogP contribution in [0.2, 0.25) is 0 Å². The predicted molar refractivity (Wildman–Crippen MR) is 56.6 cm³/mol. The molecule has 1 fully saturated rings. The van der Waals surface area contributed by atoms with E-state index in [0.717, 1.165) is 32.4 Å². The summed E-state index contributed by atoms with van der Waals surface area (Å²) in [6, 6.07) is 0.149. The van der Waals surface area contributed by atoms with Crippen molar-refractivity contribution in [2.45, 2.75) is 31.7 Å². The first-order chi connectivity index (χ1) is 6.59. The standard InChI is InChI=1S/C10H21N3O/c1-13-6-4-8(5-7-13)9(11)2-3-10(12)14/h8-9H,2-7,11H2,1H3,(H2,12,14). The fourth-order valence-corrected chi connectivity index (χ4v) is 2.00. The van der Waals surface area contributed by atoms with Gasteiger partial charge in [-0.15, -0.1) is 0 Å². The molecule has 0 radical (unpaired) electrons. The Hall–Kier alpha value is -0.610. The van der Waals surface area contributed by atoms with Gasteiger partial charge in [-0.25, -0.2) is 0 Å². The summed E-state index contributed by atoms with van der Waals surface area (Å²) >= 11 is 0. The van der Waals surface area contributed by atoms with Crippen molar-refractivity contribution in [2.24, 2.45) is 17.4 Å². The molecule has 1 atom stereocenters. The molecule has 0 bridgehead atoms. The number of carbonyl (C=O) groups excluding carboxylic acids is 1. The molecule has 1 aliphatic heterocycles. The molecular weight excluding hydrogens is 178 g/mol. The second kappa shape index (κ2) is 5.32. The smallest absolute Gasteiger partial charge is 0.217 e. The first kappa shape index (κ1) is 11.5. The normalized spacial score (nSPS) is 22.1. The highest BCUT2D eigenvalue weighted by atomic mass is 16.1. The molecule has 1 rings (SSSR count). The third-order valence-corrected chi connectivity index (χ3v) is 3.09. The van der Waals surface area contributed by atoms with Gasteiger partial charge >= 0.3 is 0 Å². The fourth-order valence-electron chi connectivity index (χ4n) is 2.00. The van der Waals surface area contributed by atoms with Crippen molar-refractivity contribution in [3.05, 3.63) is 0 Å². The van der Waals surface area contributed by atoms with E-state index in [-0.39, 0.29) is 11.9 Å². The minimum atomic E-state index is -0.242. The van der Waals surface area contributed by atoms with Crippen LogP contribution < -0.4 is 11.5 Å². The van der Waals surface area contributed by atoms with E-state index >= 15 is 0 Å². The summed E-state index contributed by atoms with van der Waals surface area (Å²) in [6.07, 6.45) is 3.46. The lowest BCUT2D eigenvalue weighted by atomic mass is 9.87. The molecule has 4 heteroatoms. The Morgan fingerprint density at radius 1 is 1.50 bits per heavy atom. The zero-order chi connectivity index (χ0) is 10.6. The van der Waals surface area contributed by atoms with Crippen LogP contribution in [0.25, 0.3) is 0 Å². The summed E-state index contributed by atoms with van der Waals surface area (Å²) in [7, 11) is 2.13. The lowest BCUT2D eigenvalue weighted by molar-refractivity contribution is -0.118. The monoisotopic (exact) mass is 199 g/mol. The first-order valence-electron chi connectivity index (χ1n) is 5.32. The first-order valence-corrected chi connectivity index (χ1v) is 5.32. The number of carbonyl (C=O) groups is 1. The highest BCUT2D eigenvalue weighted by Gasteiger charge is 2.22. The lowest BCUT2D eigenvalue weighted by Gasteiger charge is -2.32. The van der Waals surface area contributed by atoms with Crippen LogP contribution in [0, 0.1) is 5.92 Å². The van der Waals surface area contributed by atoms with Gasteiger partial charge in [-0.2, -0.15) is 0 Å². The summed E-state index contributed by atoms with van der Waals surface area (Å²) in [5, 5.41) is 0. The summed E-state index contributed by atoms with van der Waals surface area (Å²) in [4.78, 5) is 12.9. The Kier molecular flexibility index (Phi) is 4.35. The van der Waals surface area contributed by atoms with E-state index in [1.54, 1.807) is 0 Å². The molecule has 0 aromatic heterocycles. The van der Waals surface area contributed by atoms with E-state index in [4.69, 9.17) is 11.5 Å². The van der Waals surface area contributed by atoms with Gasteiger partial charge in [-0.3, -0.25) is 4.79 Å². The van der Waals surface area contributed by atoms with Gasteiger partial charge in [0.25, 0.3) is 0 Å². The van der Waals surface area contributed by atoms with Crippen molar-refractivity contribution in [1.82, 2.24) is 4.90 Å². The van der Waals surface area contributed by atoms with E-state index in [0.29, 0.717) is 12.3 Å². The number of rotatable bonds is 4. The molecule has 4 N–H and O–H groups in total. The molecule has 14 heavy (non-hydrogen) atoms. The van der Waals surface area contributed by atoms with Crippen LogP contribution in [-0.2, 0) is 4.79 Å². The van der Waals surface area contributed by atoms with Crippen molar-refractivity contribution >= 4 is 5.91 Å². The zero-order valence-electron chi connectivity index (χ0n) is 8.91. The second-order valence-electron chi connectivity index (χ2n) is 4.31. The minimum absolute atomic E-state index is 0.149. The van der Waals surface area contributed by atoms with E-state index in [2.05, 4.69) is 11.9 Å². The van der Waals surface area contributed by atoms with E-state index < -0.39 is 0 Å². The van der Waals surface area contributed by atoms with Crippen molar-refractivity contribution in [2.75, 3.05) is 20.1 Å². The molecule has 4 nitrogen and oxygen atoms in total. The van der Waals surface area contributed by atoms with Gasteiger partial charge in [0.05, 0.1) is 0 Å². The highest BCUT2D eigenvalue weighted by molar-refractivity contribution is 5.73. The van der Waals surface area contributed by atoms with E-state index in [1.165, 1.54) is 0 Å². The number of primary amides is 1.